The normalized spacial score (nSPS) is 15.8. The predicted octanol–water partition coefficient (Wildman–Crippen LogP) is 3.89. The molecule has 176 valence electrons. The summed E-state index contributed by atoms with van der Waals surface area (Å²) in [7, 11) is 0. The maximum atomic E-state index is 13.6. The number of fused-ring (bicyclic) bond motifs is 1. The smallest absolute Gasteiger partial charge is 0.338 e. The van der Waals surface area contributed by atoms with Gasteiger partial charge in [0.25, 0.3) is 5.56 Å². The van der Waals surface area contributed by atoms with Crippen molar-refractivity contribution >= 4 is 23.4 Å². The number of thiazole rings is 1. The molecule has 0 radical (unpaired) electrons. The molecule has 1 aliphatic heterocycles. The molecule has 34 heavy (non-hydrogen) atoms. The average molecular weight is 477 g/mol. The zero-order valence-electron chi connectivity index (χ0n) is 20.0. The fourth-order valence-electron chi connectivity index (χ4n) is 3.96. The van der Waals surface area contributed by atoms with Crippen molar-refractivity contribution < 1.29 is 14.3 Å². The van der Waals surface area contributed by atoms with E-state index < -0.39 is 12.0 Å². The Hall–Kier alpha value is -3.45. The molecule has 7 heteroatoms. The molecule has 3 aromatic rings. The molecule has 1 aromatic heterocycles. The lowest BCUT2D eigenvalue weighted by Gasteiger charge is -2.24. The third-order valence-electron chi connectivity index (χ3n) is 5.44. The Kier molecular flexibility index (Phi) is 6.84. The minimum absolute atomic E-state index is 0.0549. The van der Waals surface area contributed by atoms with Gasteiger partial charge < -0.3 is 9.47 Å². The second-order valence-electron chi connectivity index (χ2n) is 8.45. The van der Waals surface area contributed by atoms with Gasteiger partial charge in [-0.15, -0.1) is 0 Å². The molecular formula is C27H28N2O4S. The fourth-order valence-corrected chi connectivity index (χ4v) is 5.00. The van der Waals surface area contributed by atoms with Gasteiger partial charge in [0.15, 0.2) is 4.80 Å². The monoisotopic (exact) mass is 476 g/mol. The zero-order valence-corrected chi connectivity index (χ0v) is 20.8. The molecule has 0 N–H and O–H groups in total. The molecule has 2 heterocycles. The van der Waals surface area contributed by atoms with Crippen molar-refractivity contribution in [3.8, 4) is 5.75 Å². The van der Waals surface area contributed by atoms with Crippen molar-refractivity contribution in [2.24, 2.45) is 4.99 Å². The van der Waals surface area contributed by atoms with Gasteiger partial charge in [0.1, 0.15) is 5.75 Å². The highest BCUT2D eigenvalue weighted by Crippen LogP contribution is 2.30. The molecule has 1 aliphatic rings. The van der Waals surface area contributed by atoms with Gasteiger partial charge in [0, 0.05) is 0 Å². The summed E-state index contributed by atoms with van der Waals surface area (Å²) in [6.45, 7) is 9.74. The first-order valence-electron chi connectivity index (χ1n) is 11.3. The van der Waals surface area contributed by atoms with Crippen molar-refractivity contribution in [1.82, 2.24) is 4.57 Å². The number of carbonyl (C=O) groups is 1. The SMILES string of the molecule is CCOC(=O)C1=C(C)N=c2s/c(=C\c3cccc(OC(C)C)c3)c(=O)n2[C@@H]1c1ccc(C)cc1. The first kappa shape index (κ1) is 23.7. The third-order valence-corrected chi connectivity index (χ3v) is 6.42. The first-order valence-corrected chi connectivity index (χ1v) is 12.1. The lowest BCUT2D eigenvalue weighted by Crippen LogP contribution is -2.39. The highest BCUT2D eigenvalue weighted by molar-refractivity contribution is 7.07. The quantitative estimate of drug-likeness (QED) is 0.506. The van der Waals surface area contributed by atoms with Crippen LogP contribution >= 0.6 is 11.3 Å². The van der Waals surface area contributed by atoms with Gasteiger partial charge in [-0.2, -0.15) is 0 Å². The third kappa shape index (κ3) is 4.75. The van der Waals surface area contributed by atoms with Crippen LogP contribution < -0.4 is 19.6 Å². The number of hydrogen-bond acceptors (Lipinski definition) is 6. The zero-order chi connectivity index (χ0) is 24.4. The minimum Gasteiger partial charge on any atom is -0.491 e. The van der Waals surface area contributed by atoms with E-state index in [1.807, 2.05) is 75.4 Å². The number of hydrogen-bond donors (Lipinski definition) is 0. The Morgan fingerprint density at radius 1 is 1.18 bits per heavy atom. The van der Waals surface area contributed by atoms with Crippen LogP contribution in [0.5, 0.6) is 5.75 Å². The number of rotatable bonds is 6. The summed E-state index contributed by atoms with van der Waals surface area (Å²) >= 11 is 1.31. The maximum absolute atomic E-state index is 13.6. The van der Waals surface area contributed by atoms with Crippen molar-refractivity contribution in [3.05, 3.63) is 96.2 Å². The van der Waals surface area contributed by atoms with Gasteiger partial charge in [0.05, 0.1) is 34.6 Å². The summed E-state index contributed by atoms with van der Waals surface area (Å²) < 4.78 is 13.3. The molecule has 4 rings (SSSR count). The van der Waals surface area contributed by atoms with E-state index >= 15 is 0 Å². The Morgan fingerprint density at radius 2 is 1.91 bits per heavy atom. The predicted molar refractivity (Wildman–Crippen MR) is 134 cm³/mol. The number of benzene rings is 2. The Morgan fingerprint density at radius 3 is 2.59 bits per heavy atom. The van der Waals surface area contributed by atoms with Gasteiger partial charge in [0.2, 0.25) is 0 Å². The van der Waals surface area contributed by atoms with Crippen molar-refractivity contribution in [1.29, 1.82) is 0 Å². The maximum Gasteiger partial charge on any atom is 0.338 e. The molecule has 0 fully saturated rings. The molecule has 0 amide bonds. The van der Waals surface area contributed by atoms with Gasteiger partial charge in [-0.3, -0.25) is 9.36 Å². The summed E-state index contributed by atoms with van der Waals surface area (Å²) in [5.41, 5.74) is 3.54. The standard InChI is InChI=1S/C27H28N2O4S/c1-6-32-26(31)23-18(5)28-27-29(24(23)20-12-10-17(4)11-13-20)25(30)22(34-27)15-19-8-7-9-21(14-19)33-16(2)3/h7-16,24H,6H2,1-5H3/b22-15-/t24-/m1/s1. The lowest BCUT2D eigenvalue weighted by atomic mass is 9.95. The van der Waals surface area contributed by atoms with Crippen molar-refractivity contribution in [2.45, 2.75) is 46.8 Å². The van der Waals surface area contributed by atoms with Crippen molar-refractivity contribution in [3.63, 3.8) is 0 Å². The molecule has 6 nitrogen and oxygen atoms in total. The van der Waals surface area contributed by atoms with Crippen LogP contribution in [-0.2, 0) is 9.53 Å². The van der Waals surface area contributed by atoms with Gasteiger partial charge in [-0.1, -0.05) is 53.3 Å². The van der Waals surface area contributed by atoms with Gasteiger partial charge in [-0.25, -0.2) is 9.79 Å². The number of aryl methyl sites for hydroxylation is 1. The van der Waals surface area contributed by atoms with E-state index in [0.717, 1.165) is 22.4 Å². The summed E-state index contributed by atoms with van der Waals surface area (Å²) in [4.78, 5) is 31.7. The van der Waals surface area contributed by atoms with E-state index in [1.165, 1.54) is 11.3 Å². The van der Waals surface area contributed by atoms with Gasteiger partial charge in [-0.05, 0) is 64.0 Å². The van der Waals surface area contributed by atoms with E-state index in [9.17, 15) is 9.59 Å². The molecule has 0 saturated carbocycles. The van der Waals surface area contributed by atoms with Crippen LogP contribution in [0.15, 0.2) is 69.6 Å². The molecule has 0 spiro atoms. The van der Waals surface area contributed by atoms with Crippen LogP contribution in [0.4, 0.5) is 0 Å². The molecule has 0 saturated heterocycles. The number of carbonyl (C=O) groups excluding carboxylic acids is 1. The van der Waals surface area contributed by atoms with E-state index in [-0.39, 0.29) is 18.3 Å². The fraction of sp³-hybridized carbons (Fsp3) is 0.296. The second kappa shape index (κ2) is 9.81. The number of esters is 1. The summed E-state index contributed by atoms with van der Waals surface area (Å²) in [6.07, 6.45) is 1.89. The van der Waals surface area contributed by atoms with Crippen LogP contribution in [0.1, 0.15) is 50.4 Å². The van der Waals surface area contributed by atoms with Crippen LogP contribution in [0.25, 0.3) is 6.08 Å². The number of aromatic nitrogens is 1. The Balaban J connectivity index is 1.89. The average Bonchev–Trinajstić information content (AvgIpc) is 3.08. The highest BCUT2D eigenvalue weighted by atomic mass is 32.1. The summed E-state index contributed by atoms with van der Waals surface area (Å²) in [5.74, 6) is 0.289. The lowest BCUT2D eigenvalue weighted by molar-refractivity contribution is -0.139. The number of allylic oxidation sites excluding steroid dienone is 1. The second-order valence-corrected chi connectivity index (χ2v) is 9.46. The Labute approximate surface area is 202 Å². The molecule has 0 aliphatic carbocycles. The van der Waals surface area contributed by atoms with Gasteiger partial charge >= 0.3 is 5.97 Å². The van der Waals surface area contributed by atoms with E-state index in [2.05, 4.69) is 4.99 Å². The summed E-state index contributed by atoms with van der Waals surface area (Å²) in [5, 5.41) is 0. The van der Waals surface area contributed by atoms with Crippen LogP contribution in [0.3, 0.4) is 0 Å². The summed E-state index contributed by atoms with van der Waals surface area (Å²) in [6, 6.07) is 14.9. The molecule has 2 aromatic carbocycles. The molecule has 0 unspecified atom stereocenters. The molecule has 0 bridgehead atoms. The van der Waals surface area contributed by atoms with Crippen LogP contribution in [0.2, 0.25) is 0 Å². The minimum atomic E-state index is -0.603. The highest BCUT2D eigenvalue weighted by Gasteiger charge is 2.33. The van der Waals surface area contributed by atoms with E-state index in [4.69, 9.17) is 9.47 Å². The molecular weight excluding hydrogens is 448 g/mol. The number of ether oxygens (including phenoxy) is 2. The van der Waals surface area contributed by atoms with Crippen molar-refractivity contribution in [2.75, 3.05) is 6.61 Å². The number of nitrogens with zero attached hydrogens (tertiary/aromatic N) is 2. The topological polar surface area (TPSA) is 69.9 Å². The molecule has 1 atom stereocenters. The van der Waals surface area contributed by atoms with E-state index in [0.29, 0.717) is 20.6 Å². The van der Waals surface area contributed by atoms with Crippen LogP contribution in [0, 0.1) is 6.92 Å². The van der Waals surface area contributed by atoms with Crippen LogP contribution in [-0.4, -0.2) is 23.2 Å². The van der Waals surface area contributed by atoms with E-state index in [1.54, 1.807) is 18.4 Å². The first-order chi connectivity index (χ1) is 16.3. The Bertz CT molecular complexity index is 1430. The largest absolute Gasteiger partial charge is 0.491 e.